The van der Waals surface area contributed by atoms with Crippen LogP contribution in [0.2, 0.25) is 0 Å². The van der Waals surface area contributed by atoms with Gasteiger partial charge in [0.25, 0.3) is 0 Å². The first-order valence-corrected chi connectivity index (χ1v) is 4.51. The van der Waals surface area contributed by atoms with Crippen LogP contribution in [0.15, 0.2) is 22.8 Å². The number of furan rings is 1. The van der Waals surface area contributed by atoms with Gasteiger partial charge in [-0.05, 0) is 12.1 Å². The molecule has 0 aliphatic carbocycles. The molecule has 1 aliphatic rings. The van der Waals surface area contributed by atoms with Gasteiger partial charge in [0.05, 0.1) is 19.4 Å². The number of carbonyl (C=O) groups is 1. The first kappa shape index (κ1) is 9.08. The van der Waals surface area contributed by atoms with Crippen LogP contribution in [0.4, 0.5) is 4.79 Å². The molecule has 1 aromatic rings. The molecule has 76 valence electrons. The molecule has 1 fully saturated rings. The summed E-state index contributed by atoms with van der Waals surface area (Å²) < 4.78 is 5.19. The molecule has 1 atom stereocenters. The number of aliphatic hydroxyl groups is 1. The van der Waals surface area contributed by atoms with Gasteiger partial charge in [0.1, 0.15) is 11.8 Å². The minimum Gasteiger partial charge on any atom is -0.467 e. The van der Waals surface area contributed by atoms with E-state index in [2.05, 4.69) is 5.32 Å². The van der Waals surface area contributed by atoms with Crippen molar-refractivity contribution in [3.05, 3.63) is 24.2 Å². The van der Waals surface area contributed by atoms with Crippen LogP contribution in [-0.2, 0) is 0 Å². The van der Waals surface area contributed by atoms with Crippen molar-refractivity contribution in [3.63, 3.8) is 0 Å². The maximum Gasteiger partial charge on any atom is 0.318 e. The molecule has 2 rings (SSSR count). The lowest BCUT2D eigenvalue weighted by molar-refractivity contribution is 0.196. The molecule has 1 unspecified atom stereocenters. The Balaban J connectivity index is 2.03. The Morgan fingerprint density at radius 2 is 2.57 bits per heavy atom. The van der Waals surface area contributed by atoms with Crippen LogP contribution in [0.3, 0.4) is 0 Å². The Labute approximate surface area is 81.3 Å². The highest BCUT2D eigenvalue weighted by Crippen LogP contribution is 2.19. The molecule has 2 amide bonds. The van der Waals surface area contributed by atoms with Crippen molar-refractivity contribution < 1.29 is 14.3 Å². The molecule has 1 aliphatic heterocycles. The standard InChI is InChI=1S/C9H12N2O3/c12-4-3-11-6-7(10-9(11)13)8-2-1-5-14-8/h1-2,5,7,12H,3-4,6H2,(H,10,13). The smallest absolute Gasteiger partial charge is 0.318 e. The molecular weight excluding hydrogens is 184 g/mol. The number of nitrogens with zero attached hydrogens (tertiary/aromatic N) is 1. The Kier molecular flexibility index (Phi) is 2.41. The summed E-state index contributed by atoms with van der Waals surface area (Å²) in [4.78, 5) is 12.9. The van der Waals surface area contributed by atoms with E-state index in [0.717, 1.165) is 5.76 Å². The number of nitrogens with one attached hydrogen (secondary N) is 1. The van der Waals surface area contributed by atoms with Crippen molar-refractivity contribution in [1.29, 1.82) is 0 Å². The van der Waals surface area contributed by atoms with Crippen molar-refractivity contribution in [2.45, 2.75) is 6.04 Å². The van der Waals surface area contributed by atoms with E-state index >= 15 is 0 Å². The second-order valence-electron chi connectivity index (χ2n) is 3.19. The predicted octanol–water partition coefficient (Wildman–Crippen LogP) is 0.338. The van der Waals surface area contributed by atoms with E-state index in [4.69, 9.17) is 9.52 Å². The Morgan fingerprint density at radius 3 is 3.21 bits per heavy atom. The van der Waals surface area contributed by atoms with Crippen LogP contribution >= 0.6 is 0 Å². The minimum absolute atomic E-state index is 0.0156. The second-order valence-corrected chi connectivity index (χ2v) is 3.19. The summed E-state index contributed by atoms with van der Waals surface area (Å²) in [7, 11) is 0. The van der Waals surface area contributed by atoms with Gasteiger partial charge in [-0.15, -0.1) is 0 Å². The quantitative estimate of drug-likeness (QED) is 0.732. The third-order valence-corrected chi connectivity index (χ3v) is 2.24. The predicted molar refractivity (Wildman–Crippen MR) is 48.6 cm³/mol. The number of carbonyl (C=O) groups excluding carboxylic acids is 1. The van der Waals surface area contributed by atoms with Crippen molar-refractivity contribution in [3.8, 4) is 0 Å². The molecular formula is C9H12N2O3. The van der Waals surface area contributed by atoms with Gasteiger partial charge in [0, 0.05) is 6.54 Å². The van der Waals surface area contributed by atoms with Gasteiger partial charge in [-0.3, -0.25) is 0 Å². The van der Waals surface area contributed by atoms with E-state index in [-0.39, 0.29) is 18.7 Å². The highest BCUT2D eigenvalue weighted by molar-refractivity contribution is 5.77. The summed E-state index contributed by atoms with van der Waals surface area (Å²) in [5.41, 5.74) is 0. The van der Waals surface area contributed by atoms with E-state index in [0.29, 0.717) is 13.1 Å². The monoisotopic (exact) mass is 196 g/mol. The first-order valence-electron chi connectivity index (χ1n) is 4.51. The van der Waals surface area contributed by atoms with E-state index in [1.807, 2.05) is 6.07 Å². The van der Waals surface area contributed by atoms with Crippen molar-refractivity contribution >= 4 is 6.03 Å². The van der Waals surface area contributed by atoms with E-state index in [1.54, 1.807) is 17.2 Å². The van der Waals surface area contributed by atoms with Crippen LogP contribution in [0.1, 0.15) is 11.8 Å². The molecule has 0 radical (unpaired) electrons. The van der Waals surface area contributed by atoms with Gasteiger partial charge >= 0.3 is 6.03 Å². The van der Waals surface area contributed by atoms with Gasteiger partial charge in [-0.2, -0.15) is 0 Å². The molecule has 1 aromatic heterocycles. The summed E-state index contributed by atoms with van der Waals surface area (Å²) in [6, 6.07) is 3.37. The number of hydrogen-bond donors (Lipinski definition) is 2. The Bertz CT molecular complexity index is 310. The zero-order valence-electron chi connectivity index (χ0n) is 7.64. The third kappa shape index (κ3) is 1.58. The molecule has 2 N–H and O–H groups in total. The lowest BCUT2D eigenvalue weighted by Gasteiger charge is -2.11. The second kappa shape index (κ2) is 3.71. The zero-order chi connectivity index (χ0) is 9.97. The Morgan fingerprint density at radius 1 is 1.71 bits per heavy atom. The van der Waals surface area contributed by atoms with Gasteiger partial charge in [0.15, 0.2) is 0 Å². The van der Waals surface area contributed by atoms with Crippen LogP contribution in [-0.4, -0.2) is 35.7 Å². The molecule has 5 heteroatoms. The zero-order valence-corrected chi connectivity index (χ0v) is 7.64. The van der Waals surface area contributed by atoms with Crippen LogP contribution in [0.5, 0.6) is 0 Å². The van der Waals surface area contributed by atoms with Gasteiger partial charge in [-0.1, -0.05) is 0 Å². The number of amides is 2. The van der Waals surface area contributed by atoms with Gasteiger partial charge in [0.2, 0.25) is 0 Å². The van der Waals surface area contributed by atoms with E-state index in [1.165, 1.54) is 0 Å². The number of aliphatic hydroxyl groups excluding tert-OH is 1. The largest absolute Gasteiger partial charge is 0.467 e. The van der Waals surface area contributed by atoms with Gasteiger partial charge in [-0.25, -0.2) is 4.79 Å². The number of β-amino-alcohol motifs (C(OH)–C–C–N with tert-alkyl or cyclic N) is 1. The minimum atomic E-state index is -0.152. The first-order chi connectivity index (χ1) is 6.81. The molecule has 1 saturated heterocycles. The number of hydrogen-bond acceptors (Lipinski definition) is 3. The average Bonchev–Trinajstić information content (AvgIpc) is 2.76. The van der Waals surface area contributed by atoms with Crippen molar-refractivity contribution in [1.82, 2.24) is 10.2 Å². The maximum absolute atomic E-state index is 11.3. The third-order valence-electron chi connectivity index (χ3n) is 2.24. The maximum atomic E-state index is 11.3. The molecule has 0 spiro atoms. The van der Waals surface area contributed by atoms with Crippen molar-refractivity contribution in [2.24, 2.45) is 0 Å². The van der Waals surface area contributed by atoms with Crippen LogP contribution < -0.4 is 5.32 Å². The topological polar surface area (TPSA) is 65.7 Å². The van der Waals surface area contributed by atoms with E-state index < -0.39 is 0 Å². The molecule has 0 bridgehead atoms. The molecule has 5 nitrogen and oxygen atoms in total. The summed E-state index contributed by atoms with van der Waals surface area (Å²) in [6.07, 6.45) is 1.58. The molecule has 0 aromatic carbocycles. The average molecular weight is 196 g/mol. The summed E-state index contributed by atoms with van der Waals surface area (Å²) >= 11 is 0. The summed E-state index contributed by atoms with van der Waals surface area (Å²) in [5.74, 6) is 0.749. The lowest BCUT2D eigenvalue weighted by Crippen LogP contribution is -2.30. The van der Waals surface area contributed by atoms with Crippen LogP contribution in [0.25, 0.3) is 0 Å². The number of rotatable bonds is 3. The highest BCUT2D eigenvalue weighted by atomic mass is 16.3. The van der Waals surface area contributed by atoms with Gasteiger partial charge < -0.3 is 19.7 Å². The molecule has 0 saturated carbocycles. The summed E-state index contributed by atoms with van der Waals surface area (Å²) in [6.45, 7) is 0.897. The van der Waals surface area contributed by atoms with E-state index in [9.17, 15) is 4.79 Å². The fraction of sp³-hybridized carbons (Fsp3) is 0.444. The fourth-order valence-electron chi connectivity index (χ4n) is 1.55. The fourth-order valence-corrected chi connectivity index (χ4v) is 1.55. The van der Waals surface area contributed by atoms with Crippen LogP contribution in [0, 0.1) is 0 Å². The van der Waals surface area contributed by atoms with Crippen molar-refractivity contribution in [2.75, 3.05) is 19.7 Å². The molecule has 14 heavy (non-hydrogen) atoms. The summed E-state index contributed by atoms with van der Waals surface area (Å²) in [5, 5.41) is 11.5. The Hall–Kier alpha value is -1.49. The highest BCUT2D eigenvalue weighted by Gasteiger charge is 2.30. The number of urea groups is 1. The normalized spacial score (nSPS) is 21.4. The lowest BCUT2D eigenvalue weighted by atomic mass is 10.2. The SMILES string of the molecule is O=C1NC(c2ccco2)CN1CCO. The molecule has 2 heterocycles.